The van der Waals surface area contributed by atoms with Gasteiger partial charge in [-0.1, -0.05) is 170 Å². The molecule has 0 unspecified atom stereocenters. The number of hydrogen-bond acceptors (Lipinski definition) is 2. The van der Waals surface area contributed by atoms with Gasteiger partial charge in [0.15, 0.2) is 5.82 Å². The van der Waals surface area contributed by atoms with E-state index in [0.717, 1.165) is 39.2 Å². The minimum absolute atomic E-state index is 0.684. The van der Waals surface area contributed by atoms with Crippen LogP contribution in [0.4, 0.5) is 0 Å². The third kappa shape index (κ3) is 4.76. The van der Waals surface area contributed by atoms with Crippen molar-refractivity contribution in [3.05, 3.63) is 200 Å². The topological polar surface area (TPSA) is 30.7 Å². The lowest BCUT2D eigenvalue weighted by Crippen LogP contribution is -2.02. The summed E-state index contributed by atoms with van der Waals surface area (Å²) >= 11 is 0. The van der Waals surface area contributed by atoms with E-state index in [9.17, 15) is 0 Å². The van der Waals surface area contributed by atoms with Crippen LogP contribution in [-0.2, 0) is 0 Å². The Kier molecular flexibility index (Phi) is 6.72. The number of aromatic nitrogens is 3. The third-order valence-corrected chi connectivity index (χ3v) is 12.5. The number of nitrogens with zero attached hydrogens (tertiary/aromatic N) is 3. The molecule has 59 heavy (non-hydrogen) atoms. The van der Waals surface area contributed by atoms with Crippen molar-refractivity contribution in [2.75, 3.05) is 0 Å². The Hall–Kier alpha value is -7.88. The standard InChI is InChI=1S/C56H33N3/c1-2-11-34(12-3-1)35-23-28-39(29-24-35)56-57-48(33-51(58-56)59-49-21-6-4-16-42(49)43-17-5-7-22-50(43)59)41-31-40-30-27-38-14-9-19-45-44-18-8-13-36-25-26-37-15-10-20-46(54(37)52(36)44)47(32-41)55(40)53(38)45/h1-33H. The molecule has 0 aliphatic rings. The highest BCUT2D eigenvalue weighted by atomic mass is 15.1. The average Bonchev–Trinajstić information content (AvgIpc) is 3.64. The van der Waals surface area contributed by atoms with Crippen molar-refractivity contribution in [1.82, 2.24) is 14.5 Å². The van der Waals surface area contributed by atoms with Gasteiger partial charge in [0.1, 0.15) is 5.82 Å². The molecule has 0 saturated carbocycles. The van der Waals surface area contributed by atoms with Crippen LogP contribution in [0.1, 0.15) is 0 Å². The van der Waals surface area contributed by atoms with Crippen molar-refractivity contribution in [2.24, 2.45) is 0 Å². The molecule has 3 heteroatoms. The zero-order valence-corrected chi connectivity index (χ0v) is 31.9. The van der Waals surface area contributed by atoms with Crippen molar-refractivity contribution in [1.29, 1.82) is 0 Å². The molecule has 0 radical (unpaired) electrons. The Morgan fingerprint density at radius 3 is 1.37 bits per heavy atom. The second-order valence-electron chi connectivity index (χ2n) is 15.7. The lowest BCUT2D eigenvalue weighted by molar-refractivity contribution is 1.05. The second kappa shape index (κ2) is 12.3. The fourth-order valence-electron chi connectivity index (χ4n) is 9.87. The molecular formula is C56H33N3. The van der Waals surface area contributed by atoms with Gasteiger partial charge in [0.05, 0.1) is 16.7 Å². The SMILES string of the molecule is c1ccc(-c2ccc(-c3nc(-c4cc5ccc6cccc7c8cccc9ccc%10cccc(c(c4)c5c67)c%10c98)cc(-n4c5ccccc5c5ccccc54)n3)cc2)cc1. The van der Waals surface area contributed by atoms with Crippen molar-refractivity contribution in [3.8, 4) is 39.6 Å². The van der Waals surface area contributed by atoms with E-state index in [4.69, 9.17) is 9.97 Å². The molecule has 272 valence electrons. The molecule has 13 aromatic rings. The zero-order chi connectivity index (χ0) is 38.6. The molecule has 0 fully saturated rings. The number of hydrogen-bond donors (Lipinski definition) is 0. The summed E-state index contributed by atoms with van der Waals surface area (Å²) in [5.41, 5.74) is 7.46. The van der Waals surface area contributed by atoms with Crippen LogP contribution in [0.15, 0.2) is 200 Å². The summed E-state index contributed by atoms with van der Waals surface area (Å²) in [4.78, 5) is 10.8. The van der Waals surface area contributed by atoms with Crippen LogP contribution in [0.25, 0.3) is 126 Å². The average molecular weight is 748 g/mol. The van der Waals surface area contributed by atoms with E-state index in [2.05, 4.69) is 205 Å². The first kappa shape index (κ1) is 32.2. The largest absolute Gasteiger partial charge is 0.294 e. The normalized spacial score (nSPS) is 12.1. The van der Waals surface area contributed by atoms with Gasteiger partial charge >= 0.3 is 0 Å². The minimum Gasteiger partial charge on any atom is -0.294 e. The van der Waals surface area contributed by atoms with Gasteiger partial charge < -0.3 is 0 Å². The van der Waals surface area contributed by atoms with Gasteiger partial charge in [0.25, 0.3) is 0 Å². The van der Waals surface area contributed by atoms with Gasteiger partial charge in [-0.15, -0.1) is 0 Å². The van der Waals surface area contributed by atoms with E-state index in [-0.39, 0.29) is 0 Å². The molecule has 13 rings (SSSR count). The predicted octanol–water partition coefficient (Wildman–Crippen LogP) is 14.9. The molecular weight excluding hydrogens is 715 g/mol. The van der Waals surface area contributed by atoms with Crippen LogP contribution in [0.5, 0.6) is 0 Å². The van der Waals surface area contributed by atoms with Gasteiger partial charge in [-0.25, -0.2) is 9.97 Å². The summed E-state index contributed by atoms with van der Waals surface area (Å²) in [7, 11) is 0. The van der Waals surface area contributed by atoms with Gasteiger partial charge in [-0.2, -0.15) is 0 Å². The monoisotopic (exact) mass is 747 g/mol. The van der Waals surface area contributed by atoms with Crippen LogP contribution < -0.4 is 0 Å². The Morgan fingerprint density at radius 1 is 0.288 bits per heavy atom. The van der Waals surface area contributed by atoms with Gasteiger partial charge in [-0.05, 0) is 100 Å². The summed E-state index contributed by atoms with van der Waals surface area (Å²) in [6.07, 6.45) is 0. The van der Waals surface area contributed by atoms with Crippen LogP contribution in [0.3, 0.4) is 0 Å². The van der Waals surface area contributed by atoms with Crippen molar-refractivity contribution in [3.63, 3.8) is 0 Å². The third-order valence-electron chi connectivity index (χ3n) is 12.5. The van der Waals surface area contributed by atoms with E-state index in [1.807, 2.05) is 0 Å². The maximum Gasteiger partial charge on any atom is 0.162 e. The van der Waals surface area contributed by atoms with E-state index in [0.29, 0.717) is 5.82 Å². The smallest absolute Gasteiger partial charge is 0.162 e. The second-order valence-corrected chi connectivity index (χ2v) is 15.7. The lowest BCUT2D eigenvalue weighted by Gasteiger charge is -2.17. The Bertz CT molecular complexity index is 3760. The Balaban J connectivity index is 1.14. The van der Waals surface area contributed by atoms with Crippen LogP contribution in [-0.4, -0.2) is 14.5 Å². The highest BCUT2D eigenvalue weighted by Crippen LogP contribution is 2.45. The maximum absolute atomic E-state index is 5.45. The molecule has 0 saturated heterocycles. The van der Waals surface area contributed by atoms with Crippen molar-refractivity contribution < 1.29 is 0 Å². The quantitative estimate of drug-likeness (QED) is 0.168. The number of rotatable bonds is 4. The Labute approximate surface area is 339 Å². The molecule has 11 aromatic carbocycles. The minimum atomic E-state index is 0.684. The predicted molar refractivity (Wildman–Crippen MR) is 249 cm³/mol. The van der Waals surface area contributed by atoms with Crippen LogP contribution >= 0.6 is 0 Å². The van der Waals surface area contributed by atoms with Crippen molar-refractivity contribution >= 4 is 86.4 Å². The van der Waals surface area contributed by atoms with E-state index in [1.165, 1.54) is 81.0 Å². The van der Waals surface area contributed by atoms with Crippen LogP contribution in [0.2, 0.25) is 0 Å². The fourth-order valence-corrected chi connectivity index (χ4v) is 9.87. The number of para-hydroxylation sites is 2. The zero-order valence-electron chi connectivity index (χ0n) is 31.9. The number of benzene rings is 10. The molecule has 0 bridgehead atoms. The summed E-state index contributed by atoms with van der Waals surface area (Å²) in [6.45, 7) is 0. The highest BCUT2D eigenvalue weighted by molar-refractivity contribution is 6.37. The molecule has 0 atom stereocenters. The van der Waals surface area contributed by atoms with Crippen LogP contribution in [0, 0.1) is 0 Å². The lowest BCUT2D eigenvalue weighted by atomic mass is 9.87. The molecule has 0 spiro atoms. The molecule has 2 aromatic heterocycles. The van der Waals surface area contributed by atoms with Gasteiger partial charge in [0, 0.05) is 28.0 Å². The molecule has 0 aliphatic carbocycles. The summed E-state index contributed by atoms with van der Waals surface area (Å²) in [6, 6.07) is 72.7. The van der Waals surface area contributed by atoms with E-state index < -0.39 is 0 Å². The highest BCUT2D eigenvalue weighted by Gasteiger charge is 2.20. The molecule has 0 N–H and O–H groups in total. The first-order valence-corrected chi connectivity index (χ1v) is 20.2. The van der Waals surface area contributed by atoms with E-state index >= 15 is 0 Å². The van der Waals surface area contributed by atoms with Gasteiger partial charge in [0.2, 0.25) is 0 Å². The molecule has 2 heterocycles. The molecule has 3 nitrogen and oxygen atoms in total. The summed E-state index contributed by atoms with van der Waals surface area (Å²) in [5.74, 6) is 1.52. The molecule has 0 amide bonds. The fraction of sp³-hybridized carbons (Fsp3) is 0. The Morgan fingerprint density at radius 2 is 0.763 bits per heavy atom. The molecule has 0 aliphatic heterocycles. The van der Waals surface area contributed by atoms with Gasteiger partial charge in [-0.3, -0.25) is 4.57 Å². The summed E-state index contributed by atoms with van der Waals surface area (Å²) < 4.78 is 2.30. The van der Waals surface area contributed by atoms with Crippen molar-refractivity contribution in [2.45, 2.75) is 0 Å². The maximum atomic E-state index is 5.45. The first-order valence-electron chi connectivity index (χ1n) is 20.2. The first-order chi connectivity index (χ1) is 29.2. The summed E-state index contributed by atoms with van der Waals surface area (Å²) in [5, 5.41) is 17.5. The number of fused-ring (bicyclic) bond motifs is 5. The van der Waals surface area contributed by atoms with E-state index in [1.54, 1.807) is 0 Å².